The van der Waals surface area contributed by atoms with Gasteiger partial charge in [0.25, 0.3) is 0 Å². The van der Waals surface area contributed by atoms with Crippen LogP contribution in [0.15, 0.2) is 0 Å². The molecule has 10 atom stereocenters. The van der Waals surface area contributed by atoms with Crippen LogP contribution in [0.3, 0.4) is 0 Å². The summed E-state index contributed by atoms with van der Waals surface area (Å²) in [5, 5.41) is 0. The van der Waals surface area contributed by atoms with Gasteiger partial charge >= 0.3 is 35.8 Å². The van der Waals surface area contributed by atoms with E-state index in [0.717, 1.165) is 41.5 Å². The lowest BCUT2D eigenvalue weighted by molar-refractivity contribution is -0.370. The Bertz CT molecular complexity index is 914. The second kappa shape index (κ2) is 16.1. The van der Waals surface area contributed by atoms with E-state index >= 15 is 0 Å². The van der Waals surface area contributed by atoms with Crippen molar-refractivity contribution in [2.75, 3.05) is 8.86 Å². The summed E-state index contributed by atoms with van der Waals surface area (Å²) >= 11 is 3.92. The van der Waals surface area contributed by atoms with Crippen LogP contribution in [0.5, 0.6) is 0 Å². The third kappa shape index (κ3) is 10.1. The molecule has 0 aliphatic carbocycles. The summed E-state index contributed by atoms with van der Waals surface area (Å²) < 4.78 is 51.0. The van der Waals surface area contributed by atoms with Crippen molar-refractivity contribution in [2.24, 2.45) is 0 Å². The number of esters is 6. The van der Waals surface area contributed by atoms with Gasteiger partial charge in [-0.2, -0.15) is 0 Å². The van der Waals surface area contributed by atoms with Crippen molar-refractivity contribution in [1.29, 1.82) is 0 Å². The van der Waals surface area contributed by atoms with Gasteiger partial charge in [-0.05, 0) is 0 Å². The van der Waals surface area contributed by atoms with E-state index in [1.54, 1.807) is 0 Å². The summed E-state index contributed by atoms with van der Waals surface area (Å²) in [7, 11) is 0. The molecule has 232 valence electrons. The molecule has 2 saturated heterocycles. The Hall–Kier alpha value is -1.84. The smallest absolute Gasteiger partial charge is 0.303 e. The molecule has 0 amide bonds. The van der Waals surface area contributed by atoms with Gasteiger partial charge in [0.1, 0.15) is 12.2 Å². The molecule has 0 N–H and O–H groups in total. The van der Waals surface area contributed by atoms with Gasteiger partial charge in [-0.3, -0.25) is 28.8 Å². The van der Waals surface area contributed by atoms with Gasteiger partial charge in [0, 0.05) is 50.4 Å². The molecular weight excluding hydrogens is 782 g/mol. The van der Waals surface area contributed by atoms with Crippen LogP contribution < -0.4 is 0 Å². The zero-order valence-electron chi connectivity index (χ0n) is 23.1. The fourth-order valence-electron chi connectivity index (χ4n) is 4.31. The third-order valence-electron chi connectivity index (χ3n) is 5.57. The number of rotatable bonds is 10. The Morgan fingerprint density at radius 1 is 0.463 bits per heavy atom. The lowest BCUT2D eigenvalue weighted by Gasteiger charge is -2.48. The molecule has 41 heavy (non-hydrogen) atoms. The lowest BCUT2D eigenvalue weighted by Crippen LogP contribution is -2.66. The molecule has 0 saturated carbocycles. The van der Waals surface area contributed by atoms with Crippen molar-refractivity contribution < 1.29 is 71.4 Å². The summed E-state index contributed by atoms with van der Waals surface area (Å²) in [6, 6.07) is 0. The number of ether oxygens (including phenoxy) is 9. The molecule has 2 heterocycles. The topological polar surface area (TPSA) is 185 Å². The molecular formula is C24H32I2O15. The summed E-state index contributed by atoms with van der Waals surface area (Å²) in [5.41, 5.74) is 0. The van der Waals surface area contributed by atoms with Crippen LogP contribution in [-0.4, -0.2) is 106 Å². The highest BCUT2D eigenvalue weighted by Crippen LogP contribution is 2.35. The second-order valence-electron chi connectivity index (χ2n) is 8.97. The lowest BCUT2D eigenvalue weighted by atomic mass is 9.97. The second-order valence-corrected chi connectivity index (χ2v) is 10.7. The van der Waals surface area contributed by atoms with Gasteiger partial charge in [0.15, 0.2) is 36.6 Å². The summed E-state index contributed by atoms with van der Waals surface area (Å²) in [4.78, 5) is 72.0. The first-order valence-electron chi connectivity index (χ1n) is 12.3. The first-order chi connectivity index (χ1) is 19.2. The first-order valence-corrected chi connectivity index (χ1v) is 15.3. The van der Waals surface area contributed by atoms with E-state index in [0.29, 0.717) is 0 Å². The molecule has 2 aliphatic heterocycles. The SMILES string of the molecule is CC(=O)O[C@@H]1[C@@H](OC(C)=O)[C@@H](O[C@H]2O[C@H](CI)[C@@H](OC(C)=O)[C@H](OC(C)=O)[C@H]2OC(C)=O)O[C@H](CI)[C@H]1OC(C)=O. The van der Waals surface area contributed by atoms with Gasteiger partial charge < -0.3 is 42.6 Å². The van der Waals surface area contributed by atoms with Crippen molar-refractivity contribution in [3.05, 3.63) is 0 Å². The van der Waals surface area contributed by atoms with Crippen LogP contribution in [-0.2, 0) is 71.4 Å². The maximum atomic E-state index is 12.1. The number of halogens is 2. The predicted octanol–water partition coefficient (Wildman–Crippen LogP) is 0.913. The van der Waals surface area contributed by atoms with E-state index in [4.69, 9.17) is 42.6 Å². The van der Waals surface area contributed by atoms with E-state index in [2.05, 4.69) is 0 Å². The highest BCUT2D eigenvalue weighted by Gasteiger charge is 2.57. The molecule has 0 aromatic rings. The van der Waals surface area contributed by atoms with Gasteiger partial charge in [-0.15, -0.1) is 0 Å². The number of hydrogen-bond donors (Lipinski definition) is 0. The molecule has 0 aromatic heterocycles. The number of alkyl halides is 2. The Labute approximate surface area is 263 Å². The Morgan fingerprint density at radius 3 is 0.951 bits per heavy atom. The van der Waals surface area contributed by atoms with Gasteiger partial charge in [0.05, 0.1) is 0 Å². The Balaban J connectivity index is 2.57. The maximum absolute atomic E-state index is 12.1. The molecule has 2 fully saturated rings. The summed E-state index contributed by atoms with van der Waals surface area (Å²) in [6.45, 7) is 6.72. The molecule has 2 rings (SSSR count). The predicted molar refractivity (Wildman–Crippen MR) is 150 cm³/mol. The van der Waals surface area contributed by atoms with Crippen molar-refractivity contribution >= 4 is 81.0 Å². The van der Waals surface area contributed by atoms with E-state index in [9.17, 15) is 28.8 Å². The van der Waals surface area contributed by atoms with E-state index in [1.807, 2.05) is 45.2 Å². The molecule has 2 aliphatic rings. The minimum atomic E-state index is -1.53. The highest BCUT2D eigenvalue weighted by molar-refractivity contribution is 14.1. The van der Waals surface area contributed by atoms with Gasteiger partial charge in [-0.25, -0.2) is 0 Å². The third-order valence-corrected chi connectivity index (χ3v) is 7.30. The molecule has 15 nitrogen and oxygen atoms in total. The van der Waals surface area contributed by atoms with Crippen molar-refractivity contribution in [3.8, 4) is 0 Å². The molecule has 0 radical (unpaired) electrons. The van der Waals surface area contributed by atoms with Crippen LogP contribution in [0.4, 0.5) is 0 Å². The maximum Gasteiger partial charge on any atom is 0.303 e. The number of carbonyl (C=O) groups is 6. The van der Waals surface area contributed by atoms with Crippen LogP contribution in [0.1, 0.15) is 41.5 Å². The minimum absolute atomic E-state index is 0.208. The van der Waals surface area contributed by atoms with Crippen molar-refractivity contribution in [2.45, 2.75) is 103 Å². The molecule has 0 spiro atoms. The van der Waals surface area contributed by atoms with Crippen LogP contribution in [0.25, 0.3) is 0 Å². The zero-order valence-corrected chi connectivity index (χ0v) is 27.4. The van der Waals surface area contributed by atoms with Gasteiger partial charge in [0.2, 0.25) is 12.6 Å². The summed E-state index contributed by atoms with van der Waals surface area (Å²) in [5.74, 6) is -4.57. The Morgan fingerprint density at radius 2 is 0.707 bits per heavy atom. The molecule has 0 bridgehead atoms. The summed E-state index contributed by atoms with van der Waals surface area (Å²) in [6.07, 6.45) is -13.0. The average molecular weight is 814 g/mol. The first kappa shape index (κ1) is 35.4. The van der Waals surface area contributed by atoms with E-state index in [1.165, 1.54) is 0 Å². The van der Waals surface area contributed by atoms with Crippen molar-refractivity contribution in [3.63, 3.8) is 0 Å². The average Bonchev–Trinajstić information content (AvgIpc) is 2.84. The minimum Gasteiger partial charge on any atom is -0.456 e. The van der Waals surface area contributed by atoms with E-state index < -0.39 is 97.2 Å². The molecule has 0 unspecified atom stereocenters. The highest BCUT2D eigenvalue weighted by atomic mass is 127. The van der Waals surface area contributed by atoms with Gasteiger partial charge in [-0.1, -0.05) is 45.2 Å². The van der Waals surface area contributed by atoms with Crippen LogP contribution in [0, 0.1) is 0 Å². The van der Waals surface area contributed by atoms with Crippen LogP contribution in [0.2, 0.25) is 0 Å². The monoisotopic (exact) mass is 814 g/mol. The van der Waals surface area contributed by atoms with E-state index in [-0.39, 0.29) is 8.86 Å². The fraction of sp³-hybridized carbons (Fsp3) is 0.750. The number of carbonyl (C=O) groups excluding carboxylic acids is 6. The molecule has 17 heteroatoms. The standard InChI is InChI=1S/C24H32I2O15/c1-9(27)33-17-15(7-25)39-23(21(37-13(5)31)19(17)35-11(3)29)41-24-22(38-14(6)32)20(36-12(4)30)18(34-10(2)28)16(8-26)40-24/h15-24H,7-8H2,1-6H3/t15-,16-,17-,18-,19+,20+,21-,22-,23-,24-/m1/s1. The van der Waals surface area contributed by atoms with Crippen LogP contribution >= 0.6 is 45.2 Å². The number of hydrogen-bond acceptors (Lipinski definition) is 15. The quantitative estimate of drug-likeness (QED) is 0.131. The Kier molecular flexibility index (Phi) is 13.9. The zero-order chi connectivity index (χ0) is 31.0. The molecule has 0 aromatic carbocycles. The van der Waals surface area contributed by atoms with Crippen molar-refractivity contribution in [1.82, 2.24) is 0 Å². The fourth-order valence-corrected chi connectivity index (χ4v) is 5.73. The largest absolute Gasteiger partial charge is 0.456 e. The normalized spacial score (nSPS) is 33.1.